The van der Waals surface area contributed by atoms with Crippen LogP contribution in [0.4, 0.5) is 0 Å². The van der Waals surface area contributed by atoms with Crippen molar-refractivity contribution in [3.05, 3.63) is 10.1 Å². The molecule has 0 bridgehead atoms. The number of nitrogens with zero attached hydrogens (tertiary/aromatic N) is 1. The normalized spacial score (nSPS) is 36.6. The minimum absolute atomic E-state index is 0.0259. The second-order valence-corrected chi connectivity index (χ2v) is 9.73. The summed E-state index contributed by atoms with van der Waals surface area (Å²) in [6.07, 6.45) is 7.68. The van der Waals surface area contributed by atoms with Gasteiger partial charge in [0.05, 0.1) is 12.3 Å². The zero-order valence-corrected chi connectivity index (χ0v) is 19.0. The Labute approximate surface area is 193 Å². The van der Waals surface area contributed by atoms with E-state index in [0.29, 0.717) is 50.6 Å². The van der Waals surface area contributed by atoms with Gasteiger partial charge in [0.25, 0.3) is 0 Å². The van der Waals surface area contributed by atoms with Crippen LogP contribution in [0.1, 0.15) is 64.2 Å². The molecule has 2 heterocycles. The van der Waals surface area contributed by atoms with Crippen LogP contribution in [-0.4, -0.2) is 54.4 Å². The number of hydroxylamine groups is 1. The first kappa shape index (κ1) is 24.3. The number of amides is 2. The van der Waals surface area contributed by atoms with Gasteiger partial charge in [0.15, 0.2) is 0 Å². The SMILES string of the molecule is O=C(CCC1NC(C2CCC([N+](=O)[O-])CC2)NO1)NCCNC1NNC(=O)C2CCCCC12. The summed E-state index contributed by atoms with van der Waals surface area (Å²) in [7, 11) is 0. The molecule has 2 aliphatic carbocycles. The molecule has 4 aliphatic rings. The van der Waals surface area contributed by atoms with Crippen molar-refractivity contribution < 1.29 is 19.3 Å². The van der Waals surface area contributed by atoms with Crippen LogP contribution in [0, 0.1) is 27.9 Å². The van der Waals surface area contributed by atoms with Crippen LogP contribution < -0.4 is 32.3 Å². The van der Waals surface area contributed by atoms with Gasteiger partial charge in [-0.15, -0.1) is 0 Å². The highest BCUT2D eigenvalue weighted by atomic mass is 16.7. The van der Waals surface area contributed by atoms with E-state index in [0.717, 1.165) is 38.5 Å². The van der Waals surface area contributed by atoms with E-state index in [-0.39, 0.29) is 41.2 Å². The molecule has 5 atom stereocenters. The van der Waals surface area contributed by atoms with Crippen LogP contribution >= 0.6 is 0 Å². The molecule has 0 radical (unpaired) electrons. The Morgan fingerprint density at radius 1 is 1.12 bits per heavy atom. The van der Waals surface area contributed by atoms with E-state index < -0.39 is 6.04 Å². The van der Waals surface area contributed by atoms with E-state index in [2.05, 4.69) is 32.3 Å². The molecule has 186 valence electrons. The first-order chi connectivity index (χ1) is 16.0. The summed E-state index contributed by atoms with van der Waals surface area (Å²) in [6.45, 7) is 1.14. The first-order valence-corrected chi connectivity index (χ1v) is 12.4. The van der Waals surface area contributed by atoms with Crippen LogP contribution in [0.3, 0.4) is 0 Å². The summed E-state index contributed by atoms with van der Waals surface area (Å²) >= 11 is 0. The summed E-state index contributed by atoms with van der Waals surface area (Å²) in [5, 5.41) is 20.6. The summed E-state index contributed by atoms with van der Waals surface area (Å²) in [4.78, 5) is 40.6. The van der Waals surface area contributed by atoms with Gasteiger partial charge in [-0.3, -0.25) is 40.6 Å². The maximum atomic E-state index is 12.2. The number of carbonyl (C=O) groups is 2. The molecule has 2 amide bonds. The van der Waals surface area contributed by atoms with Crippen molar-refractivity contribution in [2.45, 2.75) is 88.8 Å². The van der Waals surface area contributed by atoms with Crippen LogP contribution in [0.5, 0.6) is 0 Å². The molecule has 2 saturated carbocycles. The molecule has 2 saturated heterocycles. The summed E-state index contributed by atoms with van der Waals surface area (Å²) < 4.78 is 0. The number of hydrogen-bond acceptors (Lipinski definition) is 9. The molecule has 4 rings (SSSR count). The topological polar surface area (TPSA) is 159 Å². The first-order valence-electron chi connectivity index (χ1n) is 12.4. The predicted molar refractivity (Wildman–Crippen MR) is 118 cm³/mol. The molecule has 2 aliphatic heterocycles. The number of nitro groups is 1. The van der Waals surface area contributed by atoms with Crippen LogP contribution in [0.2, 0.25) is 0 Å². The summed E-state index contributed by atoms with van der Waals surface area (Å²) in [5.74, 6) is 0.732. The van der Waals surface area contributed by atoms with Crippen molar-refractivity contribution in [2.75, 3.05) is 13.1 Å². The zero-order valence-electron chi connectivity index (χ0n) is 19.0. The van der Waals surface area contributed by atoms with Crippen molar-refractivity contribution in [1.29, 1.82) is 0 Å². The lowest BCUT2D eigenvalue weighted by Gasteiger charge is -2.41. The third kappa shape index (κ3) is 6.38. The zero-order chi connectivity index (χ0) is 23.2. The molecule has 6 N–H and O–H groups in total. The fourth-order valence-corrected chi connectivity index (χ4v) is 5.66. The van der Waals surface area contributed by atoms with Crippen LogP contribution in [0.25, 0.3) is 0 Å². The molecule has 12 heteroatoms. The fourth-order valence-electron chi connectivity index (χ4n) is 5.66. The molecular weight excluding hydrogens is 430 g/mol. The van der Waals surface area contributed by atoms with E-state index in [1.165, 1.54) is 0 Å². The van der Waals surface area contributed by atoms with E-state index in [1.54, 1.807) is 0 Å². The van der Waals surface area contributed by atoms with Gasteiger partial charge in [0.1, 0.15) is 6.23 Å². The Morgan fingerprint density at radius 2 is 1.91 bits per heavy atom. The van der Waals surface area contributed by atoms with Crippen molar-refractivity contribution in [3.8, 4) is 0 Å². The summed E-state index contributed by atoms with van der Waals surface area (Å²) in [5.41, 5.74) is 8.84. The lowest BCUT2D eigenvalue weighted by atomic mass is 9.76. The third-order valence-corrected chi connectivity index (χ3v) is 7.59. The molecule has 5 unspecified atom stereocenters. The second-order valence-electron chi connectivity index (χ2n) is 9.73. The molecule has 0 spiro atoms. The summed E-state index contributed by atoms with van der Waals surface area (Å²) in [6, 6.07) is -0.422. The Morgan fingerprint density at radius 3 is 2.70 bits per heavy atom. The minimum Gasteiger partial charge on any atom is -0.355 e. The van der Waals surface area contributed by atoms with Crippen molar-refractivity contribution in [3.63, 3.8) is 0 Å². The Hall–Kier alpha value is -1.86. The van der Waals surface area contributed by atoms with Crippen LogP contribution in [-0.2, 0) is 14.4 Å². The van der Waals surface area contributed by atoms with E-state index >= 15 is 0 Å². The smallest absolute Gasteiger partial charge is 0.237 e. The van der Waals surface area contributed by atoms with Gasteiger partial charge in [0.2, 0.25) is 17.9 Å². The Kier molecular flexibility index (Phi) is 8.47. The van der Waals surface area contributed by atoms with Crippen LogP contribution in [0.15, 0.2) is 0 Å². The lowest BCUT2D eigenvalue weighted by molar-refractivity contribution is -0.527. The molecule has 0 aromatic carbocycles. The fraction of sp³-hybridized carbons (Fsp3) is 0.905. The van der Waals surface area contributed by atoms with Crippen molar-refractivity contribution >= 4 is 11.8 Å². The largest absolute Gasteiger partial charge is 0.355 e. The molecule has 4 fully saturated rings. The number of hydrazine groups is 1. The number of hydrogen-bond donors (Lipinski definition) is 6. The molecule has 12 nitrogen and oxygen atoms in total. The predicted octanol–water partition coefficient (Wildman–Crippen LogP) is -0.149. The lowest BCUT2D eigenvalue weighted by Crippen LogP contribution is -2.64. The Bertz CT molecular complexity index is 702. The van der Waals surface area contributed by atoms with Crippen molar-refractivity contribution in [2.24, 2.45) is 17.8 Å². The molecule has 33 heavy (non-hydrogen) atoms. The van der Waals surface area contributed by atoms with Gasteiger partial charge in [-0.2, -0.15) is 5.48 Å². The van der Waals surface area contributed by atoms with E-state index in [9.17, 15) is 19.7 Å². The average Bonchev–Trinajstić information content (AvgIpc) is 3.31. The van der Waals surface area contributed by atoms with Gasteiger partial charge in [-0.1, -0.05) is 12.8 Å². The standard InChI is InChI=1S/C21H37N7O5/c29-17(22-11-12-23-20-15-3-1-2-4-16(15)21(30)26-25-20)9-10-18-24-19(27-33-18)13-5-7-14(8-6-13)28(31)32/h13-16,18-20,23-25,27H,1-12H2,(H,22,29)(H,26,30). The molecular formula is C21H37N7O5. The highest BCUT2D eigenvalue weighted by Gasteiger charge is 2.40. The monoisotopic (exact) mass is 467 g/mol. The quantitative estimate of drug-likeness (QED) is 0.154. The maximum Gasteiger partial charge on any atom is 0.237 e. The Balaban J connectivity index is 1.07. The number of fused-ring (bicyclic) bond motifs is 1. The van der Waals surface area contributed by atoms with Gasteiger partial charge in [0, 0.05) is 49.1 Å². The van der Waals surface area contributed by atoms with E-state index in [4.69, 9.17) is 4.84 Å². The molecule has 0 aromatic rings. The number of nitrogens with one attached hydrogen (secondary N) is 6. The van der Waals surface area contributed by atoms with Gasteiger partial charge < -0.3 is 5.32 Å². The second kappa shape index (κ2) is 11.5. The van der Waals surface area contributed by atoms with Gasteiger partial charge in [-0.05, 0) is 38.0 Å². The van der Waals surface area contributed by atoms with E-state index in [1.807, 2.05) is 0 Å². The average molecular weight is 468 g/mol. The highest BCUT2D eigenvalue weighted by molar-refractivity contribution is 5.79. The molecule has 0 aromatic heterocycles. The van der Waals surface area contributed by atoms with Gasteiger partial charge >= 0.3 is 0 Å². The maximum absolute atomic E-state index is 12.2. The number of carbonyl (C=O) groups excluding carboxylic acids is 2. The van der Waals surface area contributed by atoms with Gasteiger partial charge in [-0.25, -0.2) is 5.43 Å². The minimum atomic E-state index is -0.422. The third-order valence-electron chi connectivity index (χ3n) is 7.59. The van der Waals surface area contributed by atoms with Crippen molar-refractivity contribution in [1.82, 2.24) is 32.3 Å². The number of rotatable bonds is 9. The highest BCUT2D eigenvalue weighted by Crippen LogP contribution is 2.33.